The van der Waals surface area contributed by atoms with Crippen molar-refractivity contribution in [2.24, 2.45) is 5.10 Å². The van der Waals surface area contributed by atoms with Crippen molar-refractivity contribution in [2.75, 3.05) is 0 Å². The second-order valence-corrected chi connectivity index (χ2v) is 8.75. The summed E-state index contributed by atoms with van der Waals surface area (Å²) in [7, 11) is 0. The molecule has 37 heavy (non-hydrogen) atoms. The topological polar surface area (TPSA) is 83.5 Å². The first-order valence-electron chi connectivity index (χ1n) is 11.6. The van der Waals surface area contributed by atoms with Gasteiger partial charge in [0.15, 0.2) is 0 Å². The number of nitrogens with zero attached hydrogens (tertiary/aromatic N) is 1. The molecule has 1 aromatic heterocycles. The number of halogens is 1. The minimum absolute atomic E-state index is 0.326. The third kappa shape index (κ3) is 5.01. The van der Waals surface area contributed by atoms with Crippen molar-refractivity contribution in [3.05, 3.63) is 124 Å². The molecule has 7 heteroatoms. The molecular weight excluding hydrogens is 486 g/mol. The zero-order valence-electron chi connectivity index (χ0n) is 19.9. The van der Waals surface area contributed by atoms with Crippen molar-refractivity contribution in [2.45, 2.75) is 6.92 Å². The van der Waals surface area contributed by atoms with E-state index < -0.39 is 11.9 Å². The lowest BCUT2D eigenvalue weighted by molar-refractivity contribution is 0.0734. The third-order valence-corrected chi connectivity index (χ3v) is 6.24. The predicted molar refractivity (Wildman–Crippen MR) is 146 cm³/mol. The van der Waals surface area contributed by atoms with Gasteiger partial charge >= 0.3 is 5.97 Å². The Kier molecular flexibility index (Phi) is 6.83. The number of ether oxygens (including phenoxy) is 1. The van der Waals surface area contributed by atoms with Crippen molar-refractivity contribution >= 4 is 40.6 Å². The zero-order chi connectivity index (χ0) is 25.8. The van der Waals surface area contributed by atoms with E-state index >= 15 is 0 Å². The molecular formula is C30H22ClN3O3. The maximum absolute atomic E-state index is 13.3. The average Bonchev–Trinajstić information content (AvgIpc) is 3.31. The van der Waals surface area contributed by atoms with Gasteiger partial charge < -0.3 is 9.72 Å². The molecule has 5 rings (SSSR count). The van der Waals surface area contributed by atoms with Crippen LogP contribution in [0.5, 0.6) is 5.75 Å². The molecule has 182 valence electrons. The zero-order valence-corrected chi connectivity index (χ0v) is 20.6. The van der Waals surface area contributed by atoms with Gasteiger partial charge in [-0.25, -0.2) is 10.2 Å². The molecule has 0 aliphatic rings. The van der Waals surface area contributed by atoms with Crippen LogP contribution in [0.4, 0.5) is 0 Å². The Balaban J connectivity index is 1.42. The lowest BCUT2D eigenvalue weighted by Crippen LogP contribution is -2.19. The number of nitrogens with one attached hydrogen (secondary N) is 2. The second kappa shape index (κ2) is 10.5. The Hall–Kier alpha value is -4.68. The van der Waals surface area contributed by atoms with Gasteiger partial charge in [0.2, 0.25) is 0 Å². The Bertz CT molecular complexity index is 1640. The van der Waals surface area contributed by atoms with Gasteiger partial charge in [0.05, 0.1) is 11.8 Å². The van der Waals surface area contributed by atoms with Crippen LogP contribution in [0.25, 0.3) is 22.0 Å². The summed E-state index contributed by atoms with van der Waals surface area (Å²) in [5.41, 5.74) is 7.20. The number of hydrazone groups is 1. The number of rotatable bonds is 6. The molecule has 0 aliphatic carbocycles. The third-order valence-electron chi connectivity index (χ3n) is 5.91. The van der Waals surface area contributed by atoms with Crippen LogP contribution in [-0.2, 0) is 0 Å². The van der Waals surface area contributed by atoms with Crippen LogP contribution in [0.3, 0.4) is 0 Å². The van der Waals surface area contributed by atoms with Gasteiger partial charge in [0.1, 0.15) is 11.4 Å². The number of carbonyl (C=O) groups is 2. The minimum Gasteiger partial charge on any atom is -0.422 e. The summed E-state index contributed by atoms with van der Waals surface area (Å²) in [4.78, 5) is 29.0. The van der Waals surface area contributed by atoms with Gasteiger partial charge in [-0.3, -0.25) is 4.79 Å². The summed E-state index contributed by atoms with van der Waals surface area (Å²) < 4.78 is 5.55. The highest BCUT2D eigenvalue weighted by Gasteiger charge is 2.21. The van der Waals surface area contributed by atoms with Crippen LogP contribution in [0, 0.1) is 6.92 Å². The standard InChI is InChI=1S/C30H22ClN3O3/c1-19-10-9-15-23-26(22-14-6-7-16-24(22)31)28(33-27(19)23)29(35)34-32-18-21-13-5-8-17-25(21)37-30(36)20-11-3-2-4-12-20/h2-18,33H,1H3,(H,34,35). The van der Waals surface area contributed by atoms with Crippen molar-refractivity contribution in [1.29, 1.82) is 0 Å². The Morgan fingerprint density at radius 1 is 0.892 bits per heavy atom. The molecule has 0 saturated heterocycles. The number of esters is 1. The Morgan fingerprint density at radius 3 is 2.43 bits per heavy atom. The number of para-hydroxylation sites is 2. The van der Waals surface area contributed by atoms with Crippen LogP contribution in [0.1, 0.15) is 32.0 Å². The van der Waals surface area contributed by atoms with E-state index in [9.17, 15) is 9.59 Å². The van der Waals surface area contributed by atoms with Gasteiger partial charge in [0, 0.05) is 32.6 Å². The fourth-order valence-electron chi connectivity index (χ4n) is 4.11. The molecule has 0 saturated carbocycles. The van der Waals surface area contributed by atoms with Crippen molar-refractivity contribution < 1.29 is 14.3 Å². The molecule has 0 bridgehead atoms. The summed E-state index contributed by atoms with van der Waals surface area (Å²) in [5, 5.41) is 5.57. The number of amides is 1. The summed E-state index contributed by atoms with van der Waals surface area (Å²) in [6.07, 6.45) is 1.44. The Labute approximate surface area is 218 Å². The van der Waals surface area contributed by atoms with Crippen LogP contribution >= 0.6 is 11.6 Å². The van der Waals surface area contributed by atoms with Gasteiger partial charge in [-0.1, -0.05) is 78.3 Å². The summed E-state index contributed by atoms with van der Waals surface area (Å²) in [6, 6.07) is 28.9. The van der Waals surface area contributed by atoms with Crippen molar-refractivity contribution in [1.82, 2.24) is 10.4 Å². The van der Waals surface area contributed by atoms with E-state index in [1.807, 2.05) is 49.4 Å². The maximum Gasteiger partial charge on any atom is 0.343 e. The molecule has 0 radical (unpaired) electrons. The lowest BCUT2D eigenvalue weighted by Gasteiger charge is -2.08. The summed E-state index contributed by atoms with van der Waals surface area (Å²) >= 11 is 6.50. The SMILES string of the molecule is Cc1cccc2c(-c3ccccc3Cl)c(C(=O)NN=Cc3ccccc3OC(=O)c3ccccc3)[nH]c12. The average molecular weight is 508 g/mol. The van der Waals surface area contributed by atoms with Gasteiger partial charge in [0.25, 0.3) is 5.91 Å². The highest BCUT2D eigenvalue weighted by atomic mass is 35.5. The van der Waals surface area contributed by atoms with E-state index in [0.717, 1.165) is 22.0 Å². The first kappa shape index (κ1) is 24.0. The first-order valence-corrected chi connectivity index (χ1v) is 12.0. The van der Waals surface area contributed by atoms with E-state index in [4.69, 9.17) is 16.3 Å². The second-order valence-electron chi connectivity index (χ2n) is 8.34. The highest BCUT2D eigenvalue weighted by Crippen LogP contribution is 2.37. The minimum atomic E-state index is -0.483. The van der Waals surface area contributed by atoms with E-state index in [0.29, 0.717) is 33.2 Å². The highest BCUT2D eigenvalue weighted by molar-refractivity contribution is 6.34. The van der Waals surface area contributed by atoms with Crippen LogP contribution < -0.4 is 10.2 Å². The molecule has 5 aromatic rings. The van der Waals surface area contributed by atoms with Crippen LogP contribution in [0.2, 0.25) is 5.02 Å². The molecule has 0 aliphatic heterocycles. The van der Waals surface area contributed by atoms with Crippen LogP contribution in [0.15, 0.2) is 102 Å². The molecule has 0 fully saturated rings. The fraction of sp³-hybridized carbons (Fsp3) is 0.0333. The molecule has 1 amide bonds. The van der Waals surface area contributed by atoms with E-state index in [-0.39, 0.29) is 0 Å². The van der Waals surface area contributed by atoms with Crippen LogP contribution in [-0.4, -0.2) is 23.1 Å². The van der Waals surface area contributed by atoms with E-state index in [1.54, 1.807) is 54.6 Å². The molecule has 0 atom stereocenters. The number of hydrogen-bond donors (Lipinski definition) is 2. The number of benzene rings is 4. The van der Waals surface area contributed by atoms with Gasteiger partial charge in [-0.2, -0.15) is 5.10 Å². The number of H-pyrrole nitrogens is 1. The fourth-order valence-corrected chi connectivity index (χ4v) is 4.34. The maximum atomic E-state index is 13.3. The van der Waals surface area contributed by atoms with E-state index in [2.05, 4.69) is 15.5 Å². The van der Waals surface area contributed by atoms with Gasteiger partial charge in [-0.15, -0.1) is 0 Å². The van der Waals surface area contributed by atoms with E-state index in [1.165, 1.54) is 6.21 Å². The van der Waals surface area contributed by atoms with Gasteiger partial charge in [-0.05, 0) is 42.8 Å². The monoisotopic (exact) mass is 507 g/mol. The molecule has 6 nitrogen and oxygen atoms in total. The van der Waals surface area contributed by atoms with Crippen molar-refractivity contribution in [3.8, 4) is 16.9 Å². The number of hydrogen-bond acceptors (Lipinski definition) is 4. The number of aromatic nitrogens is 1. The lowest BCUT2D eigenvalue weighted by atomic mass is 10.0. The number of carbonyl (C=O) groups excluding carboxylic acids is 2. The number of fused-ring (bicyclic) bond motifs is 1. The number of aryl methyl sites for hydroxylation is 1. The predicted octanol–water partition coefficient (Wildman–Crippen LogP) is 6.78. The number of aromatic amines is 1. The molecule has 0 unspecified atom stereocenters. The molecule has 1 heterocycles. The smallest absolute Gasteiger partial charge is 0.343 e. The molecule has 4 aromatic carbocycles. The molecule has 0 spiro atoms. The normalized spacial score (nSPS) is 11.1. The quantitative estimate of drug-likeness (QED) is 0.115. The summed E-state index contributed by atoms with van der Waals surface area (Å²) in [6.45, 7) is 1.97. The summed E-state index contributed by atoms with van der Waals surface area (Å²) in [5.74, 6) is -0.587. The molecule has 2 N–H and O–H groups in total. The Morgan fingerprint density at radius 2 is 1.62 bits per heavy atom. The van der Waals surface area contributed by atoms with Crippen molar-refractivity contribution in [3.63, 3.8) is 0 Å². The first-order chi connectivity index (χ1) is 18.0. The largest absolute Gasteiger partial charge is 0.422 e.